The Bertz CT molecular complexity index is 688. The first-order valence-electron chi connectivity index (χ1n) is 8.57. The second-order valence-corrected chi connectivity index (χ2v) is 6.89. The third-order valence-electron chi connectivity index (χ3n) is 4.30. The van der Waals surface area contributed by atoms with Crippen LogP contribution in [0.15, 0.2) is 24.3 Å². The van der Waals surface area contributed by atoms with Crippen molar-refractivity contribution in [2.75, 3.05) is 6.61 Å². The molecule has 0 bridgehead atoms. The molecule has 1 aromatic carbocycles. The molecule has 0 amide bonds. The van der Waals surface area contributed by atoms with Crippen LogP contribution in [0.3, 0.4) is 0 Å². The van der Waals surface area contributed by atoms with E-state index >= 15 is 0 Å². The number of hydrogen-bond acceptors (Lipinski definition) is 7. The molecule has 0 N–H and O–H groups in total. The average Bonchev–Trinajstić information content (AvgIpc) is 2.57. The number of carbonyl (C=O) groups excluding carboxylic acids is 3. The van der Waals surface area contributed by atoms with Gasteiger partial charge in [0.2, 0.25) is 0 Å². The van der Waals surface area contributed by atoms with E-state index < -0.39 is 42.3 Å². The van der Waals surface area contributed by atoms with Gasteiger partial charge in [-0.25, -0.2) is 0 Å². The number of carbonyl (C=O) groups is 3. The first-order chi connectivity index (χ1) is 12.7. The van der Waals surface area contributed by atoms with E-state index in [-0.39, 0.29) is 12.5 Å². The molecule has 1 aliphatic heterocycles. The molecular weight excluding hydrogens is 376 g/mol. The molecule has 0 spiro atoms. The summed E-state index contributed by atoms with van der Waals surface area (Å²) in [6.07, 6.45) is -2.88. The van der Waals surface area contributed by atoms with Gasteiger partial charge in [0.1, 0.15) is 18.8 Å². The molecule has 1 heterocycles. The highest BCUT2D eigenvalue weighted by atomic mass is 35.5. The molecule has 0 saturated carbocycles. The lowest BCUT2D eigenvalue weighted by Crippen LogP contribution is -2.54. The Balaban J connectivity index is 2.40. The first kappa shape index (κ1) is 21.2. The van der Waals surface area contributed by atoms with E-state index in [2.05, 4.69) is 0 Å². The van der Waals surface area contributed by atoms with Crippen LogP contribution >= 0.6 is 11.6 Å². The van der Waals surface area contributed by atoms with Gasteiger partial charge in [-0.2, -0.15) is 0 Å². The van der Waals surface area contributed by atoms with Crippen LogP contribution in [0, 0.1) is 5.92 Å². The van der Waals surface area contributed by atoms with Crippen LogP contribution in [0.5, 0.6) is 0 Å². The third kappa shape index (κ3) is 5.68. The molecule has 148 valence electrons. The summed E-state index contributed by atoms with van der Waals surface area (Å²) in [7, 11) is 0. The van der Waals surface area contributed by atoms with Crippen LogP contribution in [0.4, 0.5) is 0 Å². The molecule has 1 aromatic rings. The van der Waals surface area contributed by atoms with E-state index in [0.717, 1.165) is 0 Å². The monoisotopic (exact) mass is 398 g/mol. The minimum atomic E-state index is -0.851. The SMILES string of the molecule is CC(=O)OC[C@H]1O[C@@H](c2ccc(Cl)cc2)[C@H](OC(C)=O)[C@@H](OC(C)=O)[C@@H]1C. The van der Waals surface area contributed by atoms with Gasteiger partial charge in [0, 0.05) is 31.7 Å². The predicted molar refractivity (Wildman–Crippen MR) is 96.0 cm³/mol. The van der Waals surface area contributed by atoms with Crippen molar-refractivity contribution in [3.63, 3.8) is 0 Å². The van der Waals surface area contributed by atoms with E-state index in [1.807, 2.05) is 0 Å². The summed E-state index contributed by atoms with van der Waals surface area (Å²) in [5, 5.41) is 0.542. The average molecular weight is 399 g/mol. The largest absolute Gasteiger partial charge is 0.463 e. The van der Waals surface area contributed by atoms with Gasteiger partial charge in [0.05, 0.1) is 6.10 Å². The van der Waals surface area contributed by atoms with E-state index in [0.29, 0.717) is 10.6 Å². The van der Waals surface area contributed by atoms with E-state index in [1.54, 1.807) is 31.2 Å². The van der Waals surface area contributed by atoms with Gasteiger partial charge in [-0.15, -0.1) is 0 Å². The quantitative estimate of drug-likeness (QED) is 0.556. The summed E-state index contributed by atoms with van der Waals surface area (Å²) in [6.45, 7) is 5.64. The topological polar surface area (TPSA) is 88.1 Å². The lowest BCUT2D eigenvalue weighted by Gasteiger charge is -2.44. The van der Waals surface area contributed by atoms with Crippen molar-refractivity contribution < 1.29 is 33.3 Å². The number of hydrogen-bond donors (Lipinski definition) is 0. The van der Waals surface area contributed by atoms with Crippen LogP contribution in [-0.4, -0.2) is 42.8 Å². The Kier molecular flexibility index (Phi) is 7.21. The number of esters is 3. The van der Waals surface area contributed by atoms with Crippen molar-refractivity contribution in [2.45, 2.75) is 52.1 Å². The molecule has 1 fully saturated rings. The predicted octanol–water partition coefficient (Wildman–Crippen LogP) is 2.84. The maximum Gasteiger partial charge on any atom is 0.303 e. The molecule has 0 radical (unpaired) electrons. The van der Waals surface area contributed by atoms with Crippen LogP contribution in [0.2, 0.25) is 5.02 Å². The van der Waals surface area contributed by atoms with Crippen molar-refractivity contribution in [3.05, 3.63) is 34.9 Å². The Morgan fingerprint density at radius 1 is 0.963 bits per heavy atom. The van der Waals surface area contributed by atoms with Gasteiger partial charge >= 0.3 is 17.9 Å². The highest BCUT2D eigenvalue weighted by Crippen LogP contribution is 2.39. The van der Waals surface area contributed by atoms with E-state index in [1.165, 1.54) is 20.8 Å². The van der Waals surface area contributed by atoms with Gasteiger partial charge in [-0.05, 0) is 17.7 Å². The zero-order chi connectivity index (χ0) is 20.1. The Hall–Kier alpha value is -2.12. The molecule has 1 saturated heterocycles. The molecule has 0 aromatic heterocycles. The van der Waals surface area contributed by atoms with Crippen molar-refractivity contribution in [2.24, 2.45) is 5.92 Å². The maximum absolute atomic E-state index is 11.7. The van der Waals surface area contributed by atoms with Gasteiger partial charge in [0.25, 0.3) is 0 Å². The van der Waals surface area contributed by atoms with Crippen molar-refractivity contribution in [1.29, 1.82) is 0 Å². The molecule has 2 rings (SSSR count). The minimum Gasteiger partial charge on any atom is -0.463 e. The minimum absolute atomic E-state index is 0.00878. The van der Waals surface area contributed by atoms with Crippen molar-refractivity contribution >= 4 is 29.5 Å². The highest BCUT2D eigenvalue weighted by Gasteiger charge is 2.48. The first-order valence-corrected chi connectivity index (χ1v) is 8.95. The summed E-state index contributed by atoms with van der Waals surface area (Å²) in [4.78, 5) is 34.5. The Morgan fingerprint density at radius 2 is 1.52 bits per heavy atom. The summed E-state index contributed by atoms with van der Waals surface area (Å²) in [5.41, 5.74) is 0.697. The molecule has 1 aliphatic rings. The van der Waals surface area contributed by atoms with Crippen molar-refractivity contribution in [1.82, 2.24) is 0 Å². The molecule has 0 aliphatic carbocycles. The Labute approximate surface area is 162 Å². The summed E-state index contributed by atoms with van der Waals surface area (Å²) in [5.74, 6) is -1.85. The molecule has 0 unspecified atom stereocenters. The summed E-state index contributed by atoms with van der Waals surface area (Å²) >= 11 is 5.95. The van der Waals surface area contributed by atoms with Gasteiger partial charge in [-0.3, -0.25) is 14.4 Å². The number of benzene rings is 1. The fraction of sp³-hybridized carbons (Fsp3) is 0.526. The van der Waals surface area contributed by atoms with Gasteiger partial charge in [-0.1, -0.05) is 30.7 Å². The Morgan fingerprint density at radius 3 is 2.04 bits per heavy atom. The fourth-order valence-corrected chi connectivity index (χ4v) is 3.20. The summed E-state index contributed by atoms with van der Waals surface area (Å²) < 4.78 is 22.1. The number of rotatable bonds is 5. The molecule has 8 heteroatoms. The number of ether oxygens (including phenoxy) is 4. The third-order valence-corrected chi connectivity index (χ3v) is 4.55. The molecule has 7 nitrogen and oxygen atoms in total. The van der Waals surface area contributed by atoms with Crippen LogP contribution in [0.25, 0.3) is 0 Å². The lowest BCUT2D eigenvalue weighted by molar-refractivity contribution is -0.232. The van der Waals surface area contributed by atoms with Crippen LogP contribution in [-0.2, 0) is 33.3 Å². The zero-order valence-corrected chi connectivity index (χ0v) is 16.4. The van der Waals surface area contributed by atoms with Crippen LogP contribution in [0.1, 0.15) is 39.4 Å². The number of halogens is 1. The van der Waals surface area contributed by atoms with Gasteiger partial charge < -0.3 is 18.9 Å². The second-order valence-electron chi connectivity index (χ2n) is 6.46. The van der Waals surface area contributed by atoms with Gasteiger partial charge in [0.15, 0.2) is 6.10 Å². The maximum atomic E-state index is 11.7. The van der Waals surface area contributed by atoms with E-state index in [9.17, 15) is 14.4 Å². The van der Waals surface area contributed by atoms with E-state index in [4.69, 9.17) is 30.5 Å². The standard InChI is InChI=1S/C19H23ClO7/c1-10-16(9-24-11(2)21)27-18(14-5-7-15(20)8-6-14)19(26-13(4)23)17(10)25-12(3)22/h5-8,10,16-19H,9H2,1-4H3/t10-,16-,17+,18+,19-/m1/s1. The molecule has 27 heavy (non-hydrogen) atoms. The summed E-state index contributed by atoms with van der Waals surface area (Å²) in [6, 6.07) is 6.86. The van der Waals surface area contributed by atoms with Crippen molar-refractivity contribution in [3.8, 4) is 0 Å². The lowest BCUT2D eigenvalue weighted by atomic mass is 9.85. The second kappa shape index (κ2) is 9.19. The van der Waals surface area contributed by atoms with Crippen LogP contribution < -0.4 is 0 Å². The fourth-order valence-electron chi connectivity index (χ4n) is 3.07. The molecule has 5 atom stereocenters. The smallest absolute Gasteiger partial charge is 0.303 e. The molecular formula is C19H23ClO7. The highest BCUT2D eigenvalue weighted by molar-refractivity contribution is 6.30. The zero-order valence-electron chi connectivity index (χ0n) is 15.6. The normalized spacial score (nSPS) is 27.5.